The van der Waals surface area contributed by atoms with E-state index in [1.165, 1.54) is 21.8 Å². The molecule has 1 saturated heterocycles. The summed E-state index contributed by atoms with van der Waals surface area (Å²) in [5.41, 5.74) is 1.22. The molecule has 1 aromatic heterocycles. The van der Waals surface area contributed by atoms with Crippen LogP contribution in [-0.4, -0.2) is 22.6 Å². The predicted octanol–water partition coefficient (Wildman–Crippen LogP) is 5.18. The van der Waals surface area contributed by atoms with E-state index in [1.807, 2.05) is 29.6 Å². The van der Waals surface area contributed by atoms with Gasteiger partial charge in [-0.2, -0.15) is 0 Å². The summed E-state index contributed by atoms with van der Waals surface area (Å²) in [6.07, 6.45) is 3.43. The number of thioether (sulfide) groups is 1. The Labute approximate surface area is 151 Å². The minimum atomic E-state index is -0.183. The van der Waals surface area contributed by atoms with Crippen LogP contribution in [0.2, 0.25) is 0 Å². The van der Waals surface area contributed by atoms with E-state index in [-0.39, 0.29) is 11.1 Å². The Hall–Kier alpha value is -1.37. The average Bonchev–Trinajstić information content (AvgIpc) is 3.06. The summed E-state index contributed by atoms with van der Waals surface area (Å²) in [6, 6.07) is 12.0. The van der Waals surface area contributed by atoms with Crippen molar-refractivity contribution in [1.82, 2.24) is 4.90 Å². The number of thiophene rings is 1. The molecule has 1 aromatic carbocycles. The van der Waals surface area contributed by atoms with E-state index in [9.17, 15) is 9.59 Å². The third-order valence-corrected chi connectivity index (χ3v) is 5.97. The van der Waals surface area contributed by atoms with Gasteiger partial charge in [0.1, 0.15) is 0 Å². The third-order valence-electron chi connectivity index (χ3n) is 3.42. The molecule has 1 fully saturated rings. The van der Waals surface area contributed by atoms with Crippen LogP contribution in [0.3, 0.4) is 0 Å². The van der Waals surface area contributed by atoms with Gasteiger partial charge in [0.05, 0.1) is 4.91 Å². The summed E-state index contributed by atoms with van der Waals surface area (Å²) < 4.78 is 0.982. The highest BCUT2D eigenvalue weighted by atomic mass is 79.9. The summed E-state index contributed by atoms with van der Waals surface area (Å²) in [6.45, 7) is 0.463. The SMILES string of the molecule is O=C1S/C(=C/c2cc(Br)cs2)C(=O)N1CCCc1ccccc1. The third kappa shape index (κ3) is 4.13. The average molecular weight is 408 g/mol. The Morgan fingerprint density at radius 1 is 1.17 bits per heavy atom. The molecule has 0 radical (unpaired) electrons. The molecule has 0 unspecified atom stereocenters. The van der Waals surface area contributed by atoms with Crippen LogP contribution >= 0.6 is 39.0 Å². The van der Waals surface area contributed by atoms with Crippen molar-refractivity contribution >= 4 is 56.3 Å². The second-order valence-electron chi connectivity index (χ2n) is 5.09. The number of hydrogen-bond donors (Lipinski definition) is 0. The van der Waals surface area contributed by atoms with Crippen LogP contribution in [0.4, 0.5) is 4.79 Å². The number of benzene rings is 1. The van der Waals surface area contributed by atoms with Crippen molar-refractivity contribution in [2.75, 3.05) is 6.54 Å². The van der Waals surface area contributed by atoms with Gasteiger partial charge in [-0.3, -0.25) is 14.5 Å². The molecule has 0 saturated carbocycles. The maximum absolute atomic E-state index is 12.4. The van der Waals surface area contributed by atoms with Crippen molar-refractivity contribution in [2.45, 2.75) is 12.8 Å². The van der Waals surface area contributed by atoms with Crippen LogP contribution in [0.5, 0.6) is 0 Å². The molecule has 6 heteroatoms. The first-order chi connectivity index (χ1) is 11.1. The first-order valence-corrected chi connectivity index (χ1v) is 9.66. The van der Waals surface area contributed by atoms with Gasteiger partial charge in [0.15, 0.2) is 0 Å². The zero-order chi connectivity index (χ0) is 16.2. The monoisotopic (exact) mass is 407 g/mol. The lowest BCUT2D eigenvalue weighted by atomic mass is 10.1. The van der Waals surface area contributed by atoms with Crippen LogP contribution in [0.25, 0.3) is 6.08 Å². The smallest absolute Gasteiger partial charge is 0.268 e. The van der Waals surface area contributed by atoms with E-state index in [2.05, 4.69) is 28.1 Å². The largest absolute Gasteiger partial charge is 0.293 e. The fourth-order valence-corrected chi connectivity index (χ4v) is 4.62. The second-order valence-corrected chi connectivity index (χ2v) is 7.94. The van der Waals surface area contributed by atoms with E-state index in [0.29, 0.717) is 11.4 Å². The van der Waals surface area contributed by atoms with Gasteiger partial charge in [-0.05, 0) is 58.2 Å². The lowest BCUT2D eigenvalue weighted by Crippen LogP contribution is -2.29. The van der Waals surface area contributed by atoms with Crippen molar-refractivity contribution < 1.29 is 9.59 Å². The van der Waals surface area contributed by atoms with Gasteiger partial charge < -0.3 is 0 Å². The Morgan fingerprint density at radius 3 is 2.65 bits per heavy atom. The maximum atomic E-state index is 12.4. The molecule has 3 rings (SSSR count). The normalized spacial score (nSPS) is 16.6. The number of carbonyl (C=O) groups is 2. The molecule has 2 heterocycles. The molecule has 0 atom stereocenters. The number of imide groups is 1. The number of carbonyl (C=O) groups excluding carboxylic acids is 2. The van der Waals surface area contributed by atoms with E-state index in [4.69, 9.17) is 0 Å². The van der Waals surface area contributed by atoms with Crippen molar-refractivity contribution in [3.63, 3.8) is 0 Å². The van der Waals surface area contributed by atoms with Gasteiger partial charge in [0.2, 0.25) is 0 Å². The zero-order valence-electron chi connectivity index (χ0n) is 12.2. The van der Waals surface area contributed by atoms with Crippen LogP contribution in [0.15, 0.2) is 51.2 Å². The topological polar surface area (TPSA) is 37.4 Å². The molecule has 0 spiro atoms. The zero-order valence-corrected chi connectivity index (χ0v) is 15.4. The quantitative estimate of drug-likeness (QED) is 0.640. The van der Waals surface area contributed by atoms with Crippen molar-refractivity contribution in [3.8, 4) is 0 Å². The number of halogens is 1. The van der Waals surface area contributed by atoms with Crippen LogP contribution in [0.1, 0.15) is 16.9 Å². The molecule has 3 nitrogen and oxygen atoms in total. The molecule has 1 aliphatic rings. The van der Waals surface area contributed by atoms with Gasteiger partial charge in [0, 0.05) is 21.3 Å². The van der Waals surface area contributed by atoms with E-state index in [1.54, 1.807) is 6.08 Å². The number of amides is 2. The highest BCUT2D eigenvalue weighted by Crippen LogP contribution is 2.34. The first kappa shape index (κ1) is 16.5. The molecular formula is C17H14BrNO2S2. The van der Waals surface area contributed by atoms with Crippen LogP contribution in [-0.2, 0) is 11.2 Å². The second kappa shape index (κ2) is 7.47. The Kier molecular flexibility index (Phi) is 5.35. The summed E-state index contributed by atoms with van der Waals surface area (Å²) in [4.78, 5) is 27.3. The molecule has 2 aromatic rings. The minimum Gasteiger partial charge on any atom is -0.268 e. The molecule has 2 amide bonds. The molecular weight excluding hydrogens is 394 g/mol. The van der Waals surface area contributed by atoms with Crippen LogP contribution < -0.4 is 0 Å². The minimum absolute atomic E-state index is 0.176. The number of aryl methyl sites for hydroxylation is 1. The fourth-order valence-electron chi connectivity index (χ4n) is 2.31. The van der Waals surface area contributed by atoms with Gasteiger partial charge >= 0.3 is 0 Å². The Balaban J connectivity index is 1.61. The van der Waals surface area contributed by atoms with E-state index >= 15 is 0 Å². The van der Waals surface area contributed by atoms with Crippen molar-refractivity contribution in [1.29, 1.82) is 0 Å². The molecule has 118 valence electrons. The maximum Gasteiger partial charge on any atom is 0.293 e. The number of nitrogens with zero attached hydrogens (tertiary/aromatic N) is 1. The summed E-state index contributed by atoms with van der Waals surface area (Å²) in [5.74, 6) is -0.183. The molecule has 0 N–H and O–H groups in total. The molecule has 23 heavy (non-hydrogen) atoms. The number of rotatable bonds is 5. The Bertz CT molecular complexity index is 755. The van der Waals surface area contributed by atoms with Gasteiger partial charge in [-0.15, -0.1) is 11.3 Å². The van der Waals surface area contributed by atoms with Gasteiger partial charge in [0.25, 0.3) is 11.1 Å². The fraction of sp³-hybridized carbons (Fsp3) is 0.176. The van der Waals surface area contributed by atoms with Crippen LogP contribution in [0, 0.1) is 0 Å². The molecule has 1 aliphatic heterocycles. The van der Waals surface area contributed by atoms with E-state index in [0.717, 1.165) is 34.0 Å². The molecule has 0 aliphatic carbocycles. The highest BCUT2D eigenvalue weighted by Gasteiger charge is 2.34. The Morgan fingerprint density at radius 2 is 1.96 bits per heavy atom. The van der Waals surface area contributed by atoms with E-state index < -0.39 is 0 Å². The van der Waals surface area contributed by atoms with Crippen molar-refractivity contribution in [2.24, 2.45) is 0 Å². The predicted molar refractivity (Wildman–Crippen MR) is 99.5 cm³/mol. The molecule has 0 bridgehead atoms. The summed E-state index contributed by atoms with van der Waals surface area (Å²) in [5, 5.41) is 1.78. The first-order valence-electron chi connectivity index (χ1n) is 7.17. The van der Waals surface area contributed by atoms with Crippen molar-refractivity contribution in [3.05, 3.63) is 61.6 Å². The number of hydrogen-bond acceptors (Lipinski definition) is 4. The lowest BCUT2D eigenvalue weighted by molar-refractivity contribution is -0.122. The lowest BCUT2D eigenvalue weighted by Gasteiger charge is -2.11. The van der Waals surface area contributed by atoms with Gasteiger partial charge in [-0.1, -0.05) is 30.3 Å². The summed E-state index contributed by atoms with van der Waals surface area (Å²) in [7, 11) is 0. The highest BCUT2D eigenvalue weighted by molar-refractivity contribution is 9.10. The summed E-state index contributed by atoms with van der Waals surface area (Å²) >= 11 is 5.95. The van der Waals surface area contributed by atoms with Gasteiger partial charge in [-0.25, -0.2) is 0 Å². The standard InChI is InChI=1S/C17H14BrNO2S2/c18-13-9-14(22-11-13)10-15-16(20)19(17(21)23-15)8-4-7-12-5-2-1-3-6-12/h1-3,5-6,9-11H,4,7-8H2/b15-10+.